The van der Waals surface area contributed by atoms with Gasteiger partial charge in [0.15, 0.2) is 0 Å². The Bertz CT molecular complexity index is 723. The number of methoxy groups -OCH3 is 1. The van der Waals surface area contributed by atoms with Crippen LogP contribution in [-0.4, -0.2) is 24.9 Å². The zero-order chi connectivity index (χ0) is 16.1. The van der Waals surface area contributed by atoms with Gasteiger partial charge in [0.2, 0.25) is 5.91 Å². The number of carbonyl (C=O) groups excluding carboxylic acids is 3. The van der Waals surface area contributed by atoms with Crippen LogP contribution in [0.15, 0.2) is 48.5 Å². The van der Waals surface area contributed by atoms with Crippen molar-refractivity contribution < 1.29 is 19.1 Å². The predicted octanol–water partition coefficient (Wildman–Crippen LogP) is 1.82. The Balaban J connectivity index is 2.15. The van der Waals surface area contributed by atoms with E-state index in [4.69, 9.17) is 5.73 Å². The van der Waals surface area contributed by atoms with Gasteiger partial charge in [0.25, 0.3) is 5.91 Å². The Morgan fingerprint density at radius 2 is 1.59 bits per heavy atom. The number of esters is 1. The first kappa shape index (κ1) is 15.2. The second-order valence-electron chi connectivity index (χ2n) is 4.47. The van der Waals surface area contributed by atoms with Gasteiger partial charge in [-0.15, -0.1) is 0 Å². The standard InChI is InChI=1S/C16H14N2O4/c1-22-16(21)12-4-2-3-11(9-12)15(20)18-13-7-5-10(6-8-13)14(17)19/h2-9H,1H3,(H2,17,19)(H,18,20). The Hall–Kier alpha value is -3.15. The highest BCUT2D eigenvalue weighted by Gasteiger charge is 2.11. The second-order valence-corrected chi connectivity index (χ2v) is 4.47. The van der Waals surface area contributed by atoms with Crippen molar-refractivity contribution in [1.82, 2.24) is 0 Å². The van der Waals surface area contributed by atoms with Gasteiger partial charge < -0.3 is 15.8 Å². The third kappa shape index (κ3) is 3.49. The molecule has 0 aliphatic carbocycles. The lowest BCUT2D eigenvalue weighted by molar-refractivity contribution is 0.0600. The highest BCUT2D eigenvalue weighted by atomic mass is 16.5. The summed E-state index contributed by atoms with van der Waals surface area (Å²) in [6, 6.07) is 12.4. The number of ether oxygens (including phenoxy) is 1. The molecule has 112 valence electrons. The number of hydrogen-bond donors (Lipinski definition) is 2. The van der Waals surface area contributed by atoms with E-state index in [0.717, 1.165) is 0 Å². The van der Waals surface area contributed by atoms with Gasteiger partial charge in [0.1, 0.15) is 0 Å². The summed E-state index contributed by atoms with van der Waals surface area (Å²) < 4.78 is 4.61. The van der Waals surface area contributed by atoms with Crippen molar-refractivity contribution in [3.8, 4) is 0 Å². The Kier molecular flexibility index (Phi) is 4.53. The lowest BCUT2D eigenvalue weighted by Gasteiger charge is -2.07. The first-order chi connectivity index (χ1) is 10.5. The van der Waals surface area contributed by atoms with Crippen molar-refractivity contribution in [2.45, 2.75) is 0 Å². The molecular formula is C16H14N2O4. The van der Waals surface area contributed by atoms with E-state index < -0.39 is 11.9 Å². The van der Waals surface area contributed by atoms with E-state index in [1.54, 1.807) is 30.3 Å². The molecule has 3 N–H and O–H groups in total. The fraction of sp³-hybridized carbons (Fsp3) is 0.0625. The highest BCUT2D eigenvalue weighted by Crippen LogP contribution is 2.12. The summed E-state index contributed by atoms with van der Waals surface area (Å²) >= 11 is 0. The Morgan fingerprint density at radius 1 is 0.955 bits per heavy atom. The van der Waals surface area contributed by atoms with Crippen LogP contribution in [0, 0.1) is 0 Å². The average Bonchev–Trinajstić information content (AvgIpc) is 2.54. The molecule has 6 nitrogen and oxygen atoms in total. The average molecular weight is 298 g/mol. The quantitative estimate of drug-likeness (QED) is 0.841. The molecule has 0 aliphatic rings. The van der Waals surface area contributed by atoms with Crippen molar-refractivity contribution in [3.63, 3.8) is 0 Å². The number of benzene rings is 2. The van der Waals surface area contributed by atoms with Crippen molar-refractivity contribution >= 4 is 23.5 Å². The van der Waals surface area contributed by atoms with Crippen LogP contribution in [-0.2, 0) is 4.74 Å². The van der Waals surface area contributed by atoms with Crippen molar-refractivity contribution in [3.05, 3.63) is 65.2 Å². The second kappa shape index (κ2) is 6.53. The lowest BCUT2D eigenvalue weighted by atomic mass is 10.1. The molecule has 2 amide bonds. The fourth-order valence-corrected chi connectivity index (χ4v) is 1.83. The van der Waals surface area contributed by atoms with Crippen LogP contribution < -0.4 is 11.1 Å². The van der Waals surface area contributed by atoms with Gasteiger partial charge >= 0.3 is 5.97 Å². The summed E-state index contributed by atoms with van der Waals surface area (Å²) in [6.45, 7) is 0. The number of nitrogens with one attached hydrogen (secondary N) is 1. The molecule has 2 aromatic carbocycles. The third-order valence-corrected chi connectivity index (χ3v) is 2.97. The number of rotatable bonds is 4. The summed E-state index contributed by atoms with van der Waals surface area (Å²) in [5.41, 5.74) is 6.62. The van der Waals surface area contributed by atoms with Crippen LogP contribution >= 0.6 is 0 Å². The van der Waals surface area contributed by atoms with E-state index in [2.05, 4.69) is 10.1 Å². The molecule has 0 heterocycles. The van der Waals surface area contributed by atoms with E-state index in [1.165, 1.54) is 25.3 Å². The normalized spacial score (nSPS) is 9.86. The molecule has 0 aliphatic heterocycles. The molecule has 0 unspecified atom stereocenters. The highest BCUT2D eigenvalue weighted by molar-refractivity contribution is 6.05. The van der Waals surface area contributed by atoms with E-state index in [-0.39, 0.29) is 5.91 Å². The maximum atomic E-state index is 12.1. The first-order valence-electron chi connectivity index (χ1n) is 6.41. The minimum Gasteiger partial charge on any atom is -0.465 e. The number of anilines is 1. The third-order valence-electron chi connectivity index (χ3n) is 2.97. The van der Waals surface area contributed by atoms with Gasteiger partial charge in [0, 0.05) is 16.8 Å². The molecular weight excluding hydrogens is 284 g/mol. The molecule has 0 fully saturated rings. The Labute approximate surface area is 126 Å². The molecule has 22 heavy (non-hydrogen) atoms. The van der Waals surface area contributed by atoms with Crippen molar-refractivity contribution in [2.24, 2.45) is 5.73 Å². The van der Waals surface area contributed by atoms with Gasteiger partial charge in [-0.2, -0.15) is 0 Å². The van der Waals surface area contributed by atoms with E-state index >= 15 is 0 Å². The van der Waals surface area contributed by atoms with E-state index in [1.807, 2.05) is 0 Å². The fourth-order valence-electron chi connectivity index (χ4n) is 1.83. The molecule has 6 heteroatoms. The smallest absolute Gasteiger partial charge is 0.337 e. The molecule has 0 radical (unpaired) electrons. The maximum absolute atomic E-state index is 12.1. The molecule has 2 rings (SSSR count). The van der Waals surface area contributed by atoms with Crippen LogP contribution in [0.1, 0.15) is 31.1 Å². The van der Waals surface area contributed by atoms with Gasteiger partial charge in [-0.25, -0.2) is 4.79 Å². The SMILES string of the molecule is COC(=O)c1cccc(C(=O)Nc2ccc(C(N)=O)cc2)c1. The van der Waals surface area contributed by atoms with Crippen LogP contribution in [0.25, 0.3) is 0 Å². The van der Waals surface area contributed by atoms with Crippen LogP contribution in [0.4, 0.5) is 5.69 Å². The molecule has 0 bridgehead atoms. The first-order valence-corrected chi connectivity index (χ1v) is 6.41. The molecule has 0 saturated heterocycles. The van der Waals surface area contributed by atoms with Crippen molar-refractivity contribution in [1.29, 1.82) is 0 Å². The number of nitrogens with two attached hydrogens (primary N) is 1. The lowest BCUT2D eigenvalue weighted by Crippen LogP contribution is -2.14. The molecule has 0 atom stereocenters. The van der Waals surface area contributed by atoms with Gasteiger partial charge in [-0.3, -0.25) is 9.59 Å². The van der Waals surface area contributed by atoms with Crippen molar-refractivity contribution in [2.75, 3.05) is 12.4 Å². The van der Waals surface area contributed by atoms with E-state index in [0.29, 0.717) is 22.4 Å². The number of primary amides is 1. The number of carbonyl (C=O) groups is 3. The van der Waals surface area contributed by atoms with Gasteiger partial charge in [0.05, 0.1) is 12.7 Å². The summed E-state index contributed by atoms with van der Waals surface area (Å²) in [6.07, 6.45) is 0. The minimum atomic E-state index is -0.538. The topological polar surface area (TPSA) is 98.5 Å². The largest absolute Gasteiger partial charge is 0.465 e. The monoisotopic (exact) mass is 298 g/mol. The molecule has 0 spiro atoms. The summed E-state index contributed by atoms with van der Waals surface area (Å²) in [7, 11) is 1.27. The molecule has 0 saturated carbocycles. The minimum absolute atomic E-state index is 0.291. The Morgan fingerprint density at radius 3 is 2.18 bits per heavy atom. The van der Waals surface area contributed by atoms with Crippen LogP contribution in [0.2, 0.25) is 0 Å². The number of hydrogen-bond acceptors (Lipinski definition) is 4. The number of amides is 2. The molecule has 0 aromatic heterocycles. The van der Waals surface area contributed by atoms with Crippen LogP contribution in [0.3, 0.4) is 0 Å². The summed E-state index contributed by atoms with van der Waals surface area (Å²) in [5, 5.41) is 2.67. The molecule has 2 aromatic rings. The maximum Gasteiger partial charge on any atom is 0.337 e. The summed E-state index contributed by atoms with van der Waals surface area (Å²) in [4.78, 5) is 34.6. The van der Waals surface area contributed by atoms with Gasteiger partial charge in [-0.1, -0.05) is 6.07 Å². The van der Waals surface area contributed by atoms with Gasteiger partial charge in [-0.05, 0) is 42.5 Å². The predicted molar refractivity (Wildman–Crippen MR) is 80.7 cm³/mol. The zero-order valence-corrected chi connectivity index (χ0v) is 11.8. The van der Waals surface area contributed by atoms with E-state index in [9.17, 15) is 14.4 Å². The zero-order valence-electron chi connectivity index (χ0n) is 11.8. The summed E-state index contributed by atoms with van der Waals surface area (Å²) in [5.74, 6) is -1.43. The van der Waals surface area contributed by atoms with Crippen LogP contribution in [0.5, 0.6) is 0 Å².